The van der Waals surface area contributed by atoms with Gasteiger partial charge in [-0.3, -0.25) is 0 Å². The lowest BCUT2D eigenvalue weighted by atomic mass is 9.93. The normalized spacial score (nSPS) is 22.5. The first-order valence-electron chi connectivity index (χ1n) is 11.1. The zero-order valence-electron chi connectivity index (χ0n) is 19.5. The number of aromatic carboxylic acids is 1. The summed E-state index contributed by atoms with van der Waals surface area (Å²) in [5.74, 6) is -0.225. The Balaban J connectivity index is 0.000000261. The lowest BCUT2D eigenvalue weighted by Crippen LogP contribution is -2.59. The number of alkyl halides is 4. The molecule has 190 valence electrons. The molecule has 1 aliphatic heterocycles. The Kier molecular flexibility index (Phi) is 7.86. The molecule has 0 radical (unpaired) electrons. The molecule has 2 atom stereocenters. The zero-order valence-corrected chi connectivity index (χ0v) is 19.5. The number of nitrogens with zero attached hydrogens (tertiary/aromatic N) is 4. The fourth-order valence-electron chi connectivity index (χ4n) is 4.68. The lowest BCUT2D eigenvalue weighted by Gasteiger charge is -2.38. The molecule has 4 rings (SSSR count). The molecule has 0 saturated heterocycles. The second-order valence-corrected chi connectivity index (χ2v) is 8.49. The van der Waals surface area contributed by atoms with E-state index in [0.717, 1.165) is 36.7 Å². The molecule has 1 aromatic carbocycles. The van der Waals surface area contributed by atoms with Gasteiger partial charge in [0.05, 0.1) is 25.5 Å². The fourth-order valence-corrected chi connectivity index (χ4v) is 4.68. The molecule has 2 aromatic rings. The Morgan fingerprint density at radius 1 is 1.29 bits per heavy atom. The second kappa shape index (κ2) is 10.5. The Labute approximate surface area is 201 Å². The number of anilines is 2. The van der Waals surface area contributed by atoms with Gasteiger partial charge in [0.2, 0.25) is 0 Å². The van der Waals surface area contributed by atoms with Crippen LogP contribution in [0.25, 0.3) is 0 Å². The van der Waals surface area contributed by atoms with E-state index >= 15 is 4.39 Å². The lowest BCUT2D eigenvalue weighted by molar-refractivity contribution is -0.169. The molecular formula is C24H28F4N4O3. The summed E-state index contributed by atoms with van der Waals surface area (Å²) in [5.41, 5.74) is -2.26. The van der Waals surface area contributed by atoms with Gasteiger partial charge in [-0.25, -0.2) is 19.2 Å². The third-order valence-electron chi connectivity index (χ3n) is 6.33. The summed E-state index contributed by atoms with van der Waals surface area (Å²) in [6.07, 6.45) is 2.22. The molecule has 1 aliphatic carbocycles. The smallest absolute Gasteiger partial charge is 0.412 e. The SMILES string of the molecule is C=CC1(F)CN(C2CCCC2)c2ncncc2N(C)C1C(F)(F)F.COc1ccccc1C(=O)O. The zero-order chi connectivity index (χ0) is 25.8. The van der Waals surface area contributed by atoms with E-state index in [2.05, 4.69) is 16.5 Å². The van der Waals surface area contributed by atoms with Gasteiger partial charge in [-0.2, -0.15) is 13.2 Å². The molecule has 1 fully saturated rings. The molecule has 2 heterocycles. The summed E-state index contributed by atoms with van der Waals surface area (Å²) in [7, 11) is 2.68. The first kappa shape index (κ1) is 26.2. The molecule has 0 amide bonds. The first-order valence-corrected chi connectivity index (χ1v) is 11.1. The standard InChI is InChI=1S/C16H20F4N4.C8H8O3/c1-3-15(17)9-24(11-6-4-5-7-11)13-12(8-21-10-22-13)23(2)14(15)16(18,19)20;1-11-7-5-3-2-4-6(7)8(9)10/h3,8,10-11,14H,1,4-7,9H2,2H3;2-5H,1H3,(H,9,10). The average Bonchev–Trinajstić information content (AvgIpc) is 3.33. The number of rotatable bonds is 4. The van der Waals surface area contributed by atoms with Crippen molar-refractivity contribution in [2.24, 2.45) is 0 Å². The van der Waals surface area contributed by atoms with Gasteiger partial charge in [0.25, 0.3) is 0 Å². The maximum Gasteiger partial charge on any atom is 0.412 e. The molecule has 1 N–H and O–H groups in total. The quantitative estimate of drug-likeness (QED) is 0.477. The average molecular weight is 497 g/mol. The minimum atomic E-state index is -4.75. The highest BCUT2D eigenvalue weighted by Crippen LogP contribution is 2.45. The van der Waals surface area contributed by atoms with Gasteiger partial charge in [-0.1, -0.05) is 37.6 Å². The van der Waals surface area contributed by atoms with Crippen LogP contribution in [-0.4, -0.2) is 65.7 Å². The minimum absolute atomic E-state index is 0.0193. The molecule has 1 saturated carbocycles. The number of carbonyl (C=O) groups is 1. The van der Waals surface area contributed by atoms with Crippen molar-refractivity contribution in [2.45, 2.75) is 49.6 Å². The summed E-state index contributed by atoms with van der Waals surface area (Å²) in [4.78, 5) is 21.1. The maximum absolute atomic E-state index is 15.5. The largest absolute Gasteiger partial charge is 0.496 e. The van der Waals surface area contributed by atoms with E-state index in [-0.39, 0.29) is 17.3 Å². The number of para-hydroxylation sites is 1. The molecule has 1 aromatic heterocycles. The summed E-state index contributed by atoms with van der Waals surface area (Å²) in [5, 5.41) is 8.62. The summed E-state index contributed by atoms with van der Waals surface area (Å²) < 4.78 is 61.3. The number of fused-ring (bicyclic) bond motifs is 1. The summed E-state index contributed by atoms with van der Waals surface area (Å²) in [6, 6.07) is 4.15. The van der Waals surface area contributed by atoms with Crippen LogP contribution in [0.2, 0.25) is 0 Å². The number of benzene rings is 1. The Morgan fingerprint density at radius 3 is 2.49 bits per heavy atom. The minimum Gasteiger partial charge on any atom is -0.496 e. The van der Waals surface area contributed by atoms with Crippen LogP contribution >= 0.6 is 0 Å². The van der Waals surface area contributed by atoms with Gasteiger partial charge in [0.1, 0.15) is 17.6 Å². The monoisotopic (exact) mass is 496 g/mol. The third-order valence-corrected chi connectivity index (χ3v) is 6.33. The van der Waals surface area contributed by atoms with Crippen LogP contribution in [0.15, 0.2) is 49.4 Å². The number of aromatic nitrogens is 2. The predicted octanol–water partition coefficient (Wildman–Crippen LogP) is 4.89. The van der Waals surface area contributed by atoms with Crippen LogP contribution in [0.5, 0.6) is 5.75 Å². The number of hydrogen-bond donors (Lipinski definition) is 1. The van der Waals surface area contributed by atoms with Gasteiger partial charge in [-0.05, 0) is 25.0 Å². The van der Waals surface area contributed by atoms with E-state index in [4.69, 9.17) is 9.84 Å². The molecular weight excluding hydrogens is 468 g/mol. The van der Waals surface area contributed by atoms with Crippen molar-refractivity contribution in [3.63, 3.8) is 0 Å². The number of methoxy groups -OCH3 is 1. The van der Waals surface area contributed by atoms with Crippen LogP contribution in [0.3, 0.4) is 0 Å². The van der Waals surface area contributed by atoms with Gasteiger partial charge >= 0.3 is 12.1 Å². The van der Waals surface area contributed by atoms with E-state index in [0.29, 0.717) is 11.6 Å². The number of carboxylic acid groups (broad SMARTS) is 1. The number of hydrogen-bond acceptors (Lipinski definition) is 6. The van der Waals surface area contributed by atoms with E-state index < -0.39 is 30.4 Å². The van der Waals surface area contributed by atoms with Crippen LogP contribution < -0.4 is 14.5 Å². The van der Waals surface area contributed by atoms with Crippen molar-refractivity contribution in [1.29, 1.82) is 0 Å². The molecule has 2 aliphatic rings. The molecule has 0 spiro atoms. The van der Waals surface area contributed by atoms with E-state index in [1.54, 1.807) is 23.1 Å². The Morgan fingerprint density at radius 2 is 1.94 bits per heavy atom. The van der Waals surface area contributed by atoms with Crippen LogP contribution in [-0.2, 0) is 0 Å². The number of ether oxygens (including phenoxy) is 1. The summed E-state index contributed by atoms with van der Waals surface area (Å²) >= 11 is 0. The Bertz CT molecular complexity index is 1050. The predicted molar refractivity (Wildman–Crippen MR) is 124 cm³/mol. The van der Waals surface area contributed by atoms with Gasteiger partial charge in [-0.15, -0.1) is 0 Å². The van der Waals surface area contributed by atoms with Crippen LogP contribution in [0.1, 0.15) is 36.0 Å². The maximum atomic E-state index is 15.5. The topological polar surface area (TPSA) is 78.8 Å². The fraction of sp³-hybridized carbons (Fsp3) is 0.458. The summed E-state index contributed by atoms with van der Waals surface area (Å²) in [6.45, 7) is 2.94. The van der Waals surface area contributed by atoms with Gasteiger partial charge in [0, 0.05) is 13.1 Å². The van der Waals surface area contributed by atoms with Crippen molar-refractivity contribution in [3.05, 3.63) is 55.0 Å². The van der Waals surface area contributed by atoms with Crippen molar-refractivity contribution in [2.75, 3.05) is 30.5 Å². The van der Waals surface area contributed by atoms with Crippen LogP contribution in [0, 0.1) is 0 Å². The van der Waals surface area contributed by atoms with Crippen molar-refractivity contribution >= 4 is 17.5 Å². The van der Waals surface area contributed by atoms with E-state index in [9.17, 15) is 18.0 Å². The second-order valence-electron chi connectivity index (χ2n) is 8.49. The van der Waals surface area contributed by atoms with E-state index in [1.807, 2.05) is 0 Å². The van der Waals surface area contributed by atoms with Crippen molar-refractivity contribution < 1.29 is 32.2 Å². The highest BCUT2D eigenvalue weighted by atomic mass is 19.4. The van der Waals surface area contributed by atoms with E-state index in [1.165, 1.54) is 32.7 Å². The highest BCUT2D eigenvalue weighted by Gasteiger charge is 2.58. The number of carboxylic acids is 1. The molecule has 35 heavy (non-hydrogen) atoms. The number of halogens is 4. The first-order chi connectivity index (χ1) is 16.5. The van der Waals surface area contributed by atoms with Crippen LogP contribution in [0.4, 0.5) is 29.1 Å². The Hall–Kier alpha value is -3.37. The molecule has 11 heteroatoms. The highest BCUT2D eigenvalue weighted by molar-refractivity contribution is 5.90. The molecule has 7 nitrogen and oxygen atoms in total. The van der Waals surface area contributed by atoms with Gasteiger partial charge in [0.15, 0.2) is 17.5 Å². The van der Waals surface area contributed by atoms with Gasteiger partial charge < -0.3 is 19.6 Å². The van der Waals surface area contributed by atoms with Crippen molar-refractivity contribution in [1.82, 2.24) is 9.97 Å². The molecule has 0 bridgehead atoms. The third kappa shape index (κ3) is 5.49. The molecule has 2 unspecified atom stereocenters. The van der Waals surface area contributed by atoms with Crippen molar-refractivity contribution in [3.8, 4) is 5.75 Å².